The number of esters is 1. The minimum atomic E-state index is -3.74. The zero-order chi connectivity index (χ0) is 25.9. The van der Waals surface area contributed by atoms with E-state index < -0.39 is 15.4 Å². The number of hydrogen-bond acceptors (Lipinski definition) is 5. The van der Waals surface area contributed by atoms with Crippen LogP contribution in [-0.4, -0.2) is 32.9 Å². The molecule has 4 fully saturated rings. The predicted molar refractivity (Wildman–Crippen MR) is 137 cm³/mol. The fourth-order valence-corrected chi connectivity index (χ4v) is 8.74. The number of anilines is 1. The molecule has 0 spiro atoms. The largest absolute Gasteiger partial charge is 0.426 e. The van der Waals surface area contributed by atoms with Crippen LogP contribution in [0.5, 0.6) is 5.75 Å². The number of carbonyl (C=O) groups excluding carboxylic acids is 2. The van der Waals surface area contributed by atoms with Gasteiger partial charge < -0.3 is 10.1 Å². The Morgan fingerprint density at radius 3 is 2.25 bits per heavy atom. The normalized spacial score (nSPS) is 28.6. The number of ether oxygens (including phenoxy) is 1. The van der Waals surface area contributed by atoms with Crippen LogP contribution in [0.1, 0.15) is 56.6 Å². The van der Waals surface area contributed by atoms with Gasteiger partial charge in [0.1, 0.15) is 5.75 Å². The van der Waals surface area contributed by atoms with Crippen LogP contribution < -0.4 is 14.4 Å². The molecule has 8 heteroatoms. The summed E-state index contributed by atoms with van der Waals surface area (Å²) in [7, 11) is -2.21. The van der Waals surface area contributed by atoms with E-state index >= 15 is 0 Å². The number of nitrogens with one attached hydrogen (secondary N) is 1. The van der Waals surface area contributed by atoms with Gasteiger partial charge in [0, 0.05) is 19.5 Å². The van der Waals surface area contributed by atoms with E-state index in [1.54, 1.807) is 50.2 Å². The van der Waals surface area contributed by atoms with Crippen LogP contribution in [0.2, 0.25) is 0 Å². The molecule has 0 radical (unpaired) electrons. The molecular weight excluding hydrogens is 476 g/mol. The smallest absolute Gasteiger partial charge is 0.317 e. The van der Waals surface area contributed by atoms with Crippen molar-refractivity contribution in [3.8, 4) is 5.75 Å². The van der Waals surface area contributed by atoms with Gasteiger partial charge in [0.05, 0.1) is 16.0 Å². The summed E-state index contributed by atoms with van der Waals surface area (Å²) in [6.07, 6.45) is 5.23. The second-order valence-corrected chi connectivity index (χ2v) is 13.3. The first-order chi connectivity index (χ1) is 16.9. The predicted octanol–water partition coefficient (Wildman–Crippen LogP) is 4.51. The summed E-state index contributed by atoms with van der Waals surface area (Å²) in [5.41, 5.74) is 1.16. The Morgan fingerprint density at radius 2 is 1.64 bits per heavy atom. The zero-order valence-electron chi connectivity index (χ0n) is 21.3. The molecule has 4 saturated carbocycles. The van der Waals surface area contributed by atoms with E-state index in [4.69, 9.17) is 4.74 Å². The van der Waals surface area contributed by atoms with E-state index in [-0.39, 0.29) is 22.3 Å². The van der Waals surface area contributed by atoms with Crippen LogP contribution in [0, 0.1) is 31.1 Å². The fraction of sp³-hybridized carbons (Fsp3) is 0.500. The van der Waals surface area contributed by atoms with Crippen LogP contribution in [0.4, 0.5) is 5.69 Å². The average Bonchev–Trinajstić information content (AvgIpc) is 2.79. The van der Waals surface area contributed by atoms with Gasteiger partial charge in [-0.15, -0.1) is 0 Å². The van der Waals surface area contributed by atoms with Crippen molar-refractivity contribution < 1.29 is 22.7 Å². The SMILES string of the molecule is CC(=O)NC12C[C@H]3C[C@H](C1)CC(C(=O)Oc1ccc(N(C)S(=O)(=O)c4cc(C)ccc4C)cc1)(C3)C2. The first-order valence-corrected chi connectivity index (χ1v) is 14.0. The third kappa shape index (κ3) is 4.29. The Labute approximate surface area is 213 Å². The Morgan fingerprint density at radius 1 is 1.00 bits per heavy atom. The molecule has 7 nitrogen and oxygen atoms in total. The molecule has 2 aromatic carbocycles. The molecule has 0 aromatic heterocycles. The summed E-state index contributed by atoms with van der Waals surface area (Å²) < 4.78 is 33.6. The van der Waals surface area contributed by atoms with Gasteiger partial charge in [0.15, 0.2) is 0 Å². The molecule has 1 N–H and O–H groups in total. The number of hydrogen-bond donors (Lipinski definition) is 1. The van der Waals surface area contributed by atoms with E-state index in [2.05, 4.69) is 5.32 Å². The molecule has 4 aliphatic carbocycles. The van der Waals surface area contributed by atoms with Crippen molar-refractivity contribution >= 4 is 27.6 Å². The number of nitrogens with zero attached hydrogens (tertiary/aromatic N) is 1. The minimum Gasteiger partial charge on any atom is -0.426 e. The molecule has 36 heavy (non-hydrogen) atoms. The van der Waals surface area contributed by atoms with Gasteiger partial charge in [-0.05, 0) is 106 Å². The molecule has 1 amide bonds. The highest BCUT2D eigenvalue weighted by Gasteiger charge is 2.61. The van der Waals surface area contributed by atoms with Gasteiger partial charge in [0.25, 0.3) is 10.0 Å². The first-order valence-electron chi connectivity index (χ1n) is 12.6. The third-order valence-corrected chi connectivity index (χ3v) is 10.3. The summed E-state index contributed by atoms with van der Waals surface area (Å²) in [6, 6.07) is 12.0. The summed E-state index contributed by atoms with van der Waals surface area (Å²) >= 11 is 0. The van der Waals surface area contributed by atoms with Crippen molar-refractivity contribution in [2.24, 2.45) is 17.3 Å². The highest BCUT2D eigenvalue weighted by Crippen LogP contribution is 2.62. The number of carbonyl (C=O) groups is 2. The van der Waals surface area contributed by atoms with Crippen molar-refractivity contribution in [1.82, 2.24) is 5.32 Å². The van der Waals surface area contributed by atoms with Gasteiger partial charge >= 0.3 is 5.97 Å². The maximum atomic E-state index is 13.5. The van der Waals surface area contributed by atoms with Gasteiger partial charge in [0.2, 0.25) is 5.91 Å². The van der Waals surface area contributed by atoms with Gasteiger partial charge in [-0.25, -0.2) is 8.42 Å². The summed E-state index contributed by atoms with van der Waals surface area (Å²) in [6.45, 7) is 5.19. The van der Waals surface area contributed by atoms with Crippen molar-refractivity contribution in [3.63, 3.8) is 0 Å². The quantitative estimate of drug-likeness (QED) is 0.456. The third-order valence-electron chi connectivity index (χ3n) is 8.33. The number of benzene rings is 2. The van der Waals surface area contributed by atoms with Crippen molar-refractivity contribution in [2.75, 3.05) is 11.4 Å². The lowest BCUT2D eigenvalue weighted by molar-refractivity contribution is -0.166. The number of rotatable bonds is 6. The van der Waals surface area contributed by atoms with Crippen LogP contribution in [0.3, 0.4) is 0 Å². The van der Waals surface area contributed by atoms with Crippen LogP contribution in [-0.2, 0) is 19.6 Å². The van der Waals surface area contributed by atoms with Crippen LogP contribution in [0.25, 0.3) is 0 Å². The van der Waals surface area contributed by atoms with Gasteiger partial charge in [-0.2, -0.15) is 0 Å². The van der Waals surface area contributed by atoms with Gasteiger partial charge in [-0.1, -0.05) is 12.1 Å². The number of sulfonamides is 1. The lowest BCUT2D eigenvalue weighted by Crippen LogP contribution is -2.65. The lowest BCUT2D eigenvalue weighted by Gasteiger charge is -2.60. The van der Waals surface area contributed by atoms with E-state index in [1.807, 2.05) is 13.0 Å². The standard InChI is InChI=1S/C28H34N2O5S/c1-18-5-6-19(2)25(11-18)36(33,34)30(4)23-7-9-24(10-8-23)35-26(32)27-13-21-12-22(14-27)16-28(15-21,17-27)29-20(3)31/h5-11,21-22H,12-17H2,1-4H3,(H,29,31)/t21-,22-,27?,28?/m0/s1. The van der Waals surface area contributed by atoms with Crippen molar-refractivity contribution in [3.05, 3.63) is 53.6 Å². The van der Waals surface area contributed by atoms with E-state index in [1.165, 1.54) is 11.4 Å². The number of aryl methyl sites for hydroxylation is 2. The molecule has 0 aliphatic heterocycles. The maximum absolute atomic E-state index is 13.5. The molecule has 4 aliphatic rings. The van der Waals surface area contributed by atoms with E-state index in [0.717, 1.165) is 37.7 Å². The molecule has 2 atom stereocenters. The first kappa shape index (κ1) is 24.8. The molecule has 2 aromatic rings. The monoisotopic (exact) mass is 510 g/mol. The Kier molecular flexibility index (Phi) is 5.93. The summed E-state index contributed by atoms with van der Waals surface area (Å²) in [4.78, 5) is 25.7. The Balaban J connectivity index is 1.33. The van der Waals surface area contributed by atoms with Crippen molar-refractivity contribution in [1.29, 1.82) is 0 Å². The molecule has 0 heterocycles. The fourth-order valence-electron chi connectivity index (χ4n) is 7.23. The molecular formula is C28H34N2O5S. The Hall–Kier alpha value is -2.87. The molecule has 192 valence electrons. The highest BCUT2D eigenvalue weighted by atomic mass is 32.2. The topological polar surface area (TPSA) is 92.8 Å². The average molecular weight is 511 g/mol. The van der Waals surface area contributed by atoms with Gasteiger partial charge in [-0.3, -0.25) is 13.9 Å². The summed E-state index contributed by atoms with van der Waals surface area (Å²) in [5.74, 6) is 0.964. The van der Waals surface area contributed by atoms with E-state index in [0.29, 0.717) is 35.3 Å². The molecule has 6 rings (SSSR count). The summed E-state index contributed by atoms with van der Waals surface area (Å²) in [5, 5.41) is 3.18. The van der Waals surface area contributed by atoms with E-state index in [9.17, 15) is 18.0 Å². The second-order valence-electron chi connectivity index (χ2n) is 11.3. The second kappa shape index (κ2) is 8.61. The Bertz CT molecular complexity index is 1300. The van der Waals surface area contributed by atoms with Crippen LogP contribution in [0.15, 0.2) is 47.4 Å². The molecule has 0 unspecified atom stereocenters. The van der Waals surface area contributed by atoms with Crippen LogP contribution >= 0.6 is 0 Å². The number of amides is 1. The van der Waals surface area contributed by atoms with Crippen molar-refractivity contribution in [2.45, 2.75) is 69.7 Å². The molecule has 0 saturated heterocycles. The minimum absolute atomic E-state index is 0.0454. The zero-order valence-corrected chi connectivity index (χ0v) is 22.2. The lowest BCUT2D eigenvalue weighted by atomic mass is 9.47. The molecule has 4 bridgehead atoms. The maximum Gasteiger partial charge on any atom is 0.317 e. The highest BCUT2D eigenvalue weighted by molar-refractivity contribution is 7.92.